The first kappa shape index (κ1) is 12.1. The normalized spacial score (nSPS) is 11.1. The Kier molecular flexibility index (Phi) is 4.05. The summed E-state index contributed by atoms with van der Waals surface area (Å²) in [5.41, 5.74) is 0. The number of amides is 2. The molecule has 0 fully saturated rings. The summed E-state index contributed by atoms with van der Waals surface area (Å²) in [6, 6.07) is -1.54. The van der Waals surface area contributed by atoms with Gasteiger partial charge in [-0.15, -0.1) is 0 Å². The zero-order valence-corrected chi connectivity index (χ0v) is 8.01. The van der Waals surface area contributed by atoms with Gasteiger partial charge in [0.1, 0.15) is 0 Å². The van der Waals surface area contributed by atoms with E-state index in [1.807, 2.05) is 0 Å². The summed E-state index contributed by atoms with van der Waals surface area (Å²) in [5, 5.41) is -0.493. The van der Waals surface area contributed by atoms with Crippen LogP contribution in [0.4, 0.5) is 13.2 Å². The second-order valence-corrected chi connectivity index (χ2v) is 3.54. The molecule has 0 saturated carbocycles. The lowest BCUT2D eigenvalue weighted by Crippen LogP contribution is -2.40. The molecule has 5 nitrogen and oxygen atoms in total. The van der Waals surface area contributed by atoms with E-state index in [0.29, 0.717) is 7.05 Å². The van der Waals surface area contributed by atoms with Crippen molar-refractivity contribution >= 4 is 16.4 Å². The minimum Gasteiger partial charge on any atom is -0.245 e. The molecule has 0 unspecified atom stereocenters. The van der Waals surface area contributed by atoms with Crippen molar-refractivity contribution in [3.63, 3.8) is 0 Å². The highest BCUT2D eigenvalue weighted by Gasteiger charge is 2.28. The average Bonchev–Trinajstić information content (AvgIpc) is 1.96. The summed E-state index contributed by atoms with van der Waals surface area (Å²) >= 11 is 0. The minimum atomic E-state index is -5.17. The van der Waals surface area contributed by atoms with Gasteiger partial charge in [0.2, 0.25) is 0 Å². The zero-order chi connectivity index (χ0) is 10.6. The molecular weight excluding hydrogens is 206 g/mol. The molecule has 8 heteroatoms. The first-order chi connectivity index (χ1) is 5.80. The topological polar surface area (TPSA) is 57.7 Å². The fraction of sp³-hybridized carbons (Fsp3) is 0.800. The molecule has 0 aromatic carbocycles. The summed E-state index contributed by atoms with van der Waals surface area (Å²) in [6.45, 7) is 1.15. The molecule has 0 atom stereocenters. The zero-order valence-electron chi connectivity index (χ0n) is 7.20. The van der Waals surface area contributed by atoms with Gasteiger partial charge in [-0.3, -0.25) is 0 Å². The highest BCUT2D eigenvalue weighted by molar-refractivity contribution is 7.84. The third-order valence-electron chi connectivity index (χ3n) is 1.17. The van der Waals surface area contributed by atoms with Crippen LogP contribution in [0, 0.1) is 0 Å². The lowest BCUT2D eigenvalue weighted by atomic mass is 10.5. The van der Waals surface area contributed by atoms with Crippen LogP contribution in [0.25, 0.3) is 0 Å². The van der Waals surface area contributed by atoms with Crippen molar-refractivity contribution in [3.05, 3.63) is 0 Å². The van der Waals surface area contributed by atoms with Crippen LogP contribution in [0.5, 0.6) is 0 Å². The van der Waals surface area contributed by atoms with Crippen molar-refractivity contribution in [2.75, 3.05) is 13.6 Å². The first-order valence-electron chi connectivity index (χ1n) is 3.46. The number of hydrogen-bond donors (Lipinski definition) is 0. The van der Waals surface area contributed by atoms with Crippen molar-refractivity contribution in [1.29, 1.82) is 0 Å². The number of carbonyl (C=O) groups excluding carboxylic acids is 1. The Hall–Kier alpha value is -0.920. The lowest BCUT2D eigenvalue weighted by Gasteiger charge is -2.17. The SMILES string of the molecule is CCCN(C(=O)N(C)F)S(=O)(=O)F. The van der Waals surface area contributed by atoms with Gasteiger partial charge < -0.3 is 0 Å². The van der Waals surface area contributed by atoms with Gasteiger partial charge in [0.05, 0.1) is 0 Å². The highest BCUT2D eigenvalue weighted by Crippen LogP contribution is 2.07. The molecule has 78 valence electrons. The molecule has 0 aromatic heterocycles. The molecule has 0 heterocycles. The summed E-state index contributed by atoms with van der Waals surface area (Å²) in [6.07, 6.45) is 0.211. The Bertz CT molecular complexity index is 278. The maximum absolute atomic E-state index is 12.3. The Morgan fingerprint density at radius 1 is 1.46 bits per heavy atom. The van der Waals surface area contributed by atoms with E-state index in [9.17, 15) is 21.6 Å². The molecule has 0 N–H and O–H groups in total. The number of carbonyl (C=O) groups is 1. The number of nitrogens with zero attached hydrogens (tertiary/aromatic N) is 2. The monoisotopic (exact) mass is 216 g/mol. The molecule has 0 radical (unpaired) electrons. The van der Waals surface area contributed by atoms with E-state index in [0.717, 1.165) is 0 Å². The number of urea groups is 1. The molecule has 0 aliphatic carbocycles. The maximum Gasteiger partial charge on any atom is 0.403 e. The van der Waals surface area contributed by atoms with E-state index in [1.54, 1.807) is 0 Å². The van der Waals surface area contributed by atoms with E-state index in [2.05, 4.69) is 0 Å². The van der Waals surface area contributed by atoms with Crippen molar-refractivity contribution in [1.82, 2.24) is 9.43 Å². The Morgan fingerprint density at radius 3 is 2.15 bits per heavy atom. The summed E-state index contributed by atoms with van der Waals surface area (Å²) < 4.78 is 45.0. The summed E-state index contributed by atoms with van der Waals surface area (Å²) in [4.78, 5) is 10.7. The molecule has 0 aromatic rings. The molecule has 0 aliphatic heterocycles. The van der Waals surface area contributed by atoms with Gasteiger partial charge in [0.15, 0.2) is 0 Å². The lowest BCUT2D eigenvalue weighted by molar-refractivity contribution is 0.0790. The smallest absolute Gasteiger partial charge is 0.245 e. The van der Waals surface area contributed by atoms with Crippen LogP contribution < -0.4 is 0 Å². The van der Waals surface area contributed by atoms with Gasteiger partial charge in [-0.2, -0.15) is 17.8 Å². The van der Waals surface area contributed by atoms with Crippen LogP contribution in [0.1, 0.15) is 13.3 Å². The molecular formula is C5H10F2N2O3S. The Morgan fingerprint density at radius 2 is 1.92 bits per heavy atom. The number of halogens is 2. The van der Waals surface area contributed by atoms with Crippen molar-refractivity contribution < 1.29 is 21.6 Å². The van der Waals surface area contributed by atoms with Gasteiger partial charge in [-0.05, 0) is 6.42 Å². The Balaban J connectivity index is 4.73. The summed E-state index contributed by atoms with van der Waals surface area (Å²) in [7, 11) is -4.48. The fourth-order valence-electron chi connectivity index (χ4n) is 0.655. The molecule has 13 heavy (non-hydrogen) atoms. The van der Waals surface area contributed by atoms with Crippen LogP contribution in [-0.4, -0.2) is 37.5 Å². The number of rotatable bonds is 3. The van der Waals surface area contributed by atoms with Gasteiger partial charge in [0.25, 0.3) is 0 Å². The van der Waals surface area contributed by atoms with Crippen LogP contribution >= 0.6 is 0 Å². The van der Waals surface area contributed by atoms with Crippen molar-refractivity contribution in [2.45, 2.75) is 13.3 Å². The van der Waals surface area contributed by atoms with Crippen LogP contribution in [0.15, 0.2) is 0 Å². The van der Waals surface area contributed by atoms with Crippen LogP contribution in [0.3, 0.4) is 0 Å². The second-order valence-electron chi connectivity index (χ2n) is 2.27. The average molecular weight is 216 g/mol. The standard InChI is InChI=1S/C5H10F2N2O3S/c1-3-4-9(13(7,11)12)5(10)8(2)6/h3-4H2,1-2H3. The van der Waals surface area contributed by atoms with Crippen molar-refractivity contribution in [3.8, 4) is 0 Å². The largest absolute Gasteiger partial charge is 0.403 e. The van der Waals surface area contributed by atoms with E-state index in [1.165, 1.54) is 6.92 Å². The van der Waals surface area contributed by atoms with Crippen LogP contribution in [-0.2, 0) is 10.4 Å². The third-order valence-corrected chi connectivity index (χ3v) is 2.03. The Labute approximate surface area is 75.2 Å². The minimum absolute atomic E-state index is 0.174. The maximum atomic E-state index is 12.3. The van der Waals surface area contributed by atoms with E-state index < -0.39 is 21.6 Å². The van der Waals surface area contributed by atoms with Crippen molar-refractivity contribution in [2.24, 2.45) is 0 Å². The van der Waals surface area contributed by atoms with Gasteiger partial charge in [-0.25, -0.2) is 4.79 Å². The van der Waals surface area contributed by atoms with Gasteiger partial charge in [-0.1, -0.05) is 15.3 Å². The number of hydrogen-bond acceptors (Lipinski definition) is 3. The molecule has 2 amide bonds. The highest BCUT2D eigenvalue weighted by atomic mass is 32.3. The van der Waals surface area contributed by atoms with E-state index in [-0.39, 0.29) is 17.3 Å². The van der Waals surface area contributed by atoms with Crippen LogP contribution in [0.2, 0.25) is 0 Å². The fourth-order valence-corrected chi connectivity index (χ4v) is 1.35. The molecule has 0 rings (SSSR count). The van der Waals surface area contributed by atoms with E-state index in [4.69, 9.17) is 0 Å². The predicted octanol–water partition coefficient (Wildman–Crippen LogP) is 0.849. The van der Waals surface area contributed by atoms with Gasteiger partial charge >= 0.3 is 16.4 Å². The third kappa shape index (κ3) is 3.53. The first-order valence-corrected chi connectivity index (χ1v) is 4.80. The van der Waals surface area contributed by atoms with Gasteiger partial charge in [0, 0.05) is 13.6 Å². The molecule has 0 spiro atoms. The molecule has 0 aliphatic rings. The quantitative estimate of drug-likeness (QED) is 0.519. The van der Waals surface area contributed by atoms with E-state index >= 15 is 0 Å². The summed E-state index contributed by atoms with van der Waals surface area (Å²) in [5.74, 6) is 0. The molecule has 0 bridgehead atoms. The predicted molar refractivity (Wildman–Crippen MR) is 41.3 cm³/mol. The second kappa shape index (κ2) is 4.35. The molecule has 0 saturated heterocycles.